The minimum atomic E-state index is -4.17. The molecule has 6 heteroatoms. The quantitative estimate of drug-likeness (QED) is 0.697. The summed E-state index contributed by atoms with van der Waals surface area (Å²) in [6, 6.07) is 0.322. The predicted octanol–water partition coefficient (Wildman–Crippen LogP) is 2.42. The second-order valence-electron chi connectivity index (χ2n) is 3.73. The monoisotopic (exact) mass is 289 g/mol. The summed E-state index contributed by atoms with van der Waals surface area (Å²) in [5.41, 5.74) is 0. The van der Waals surface area contributed by atoms with Crippen LogP contribution in [0.4, 0.5) is 13.2 Å². The number of methoxy groups -OCH3 is 1. The van der Waals surface area contributed by atoms with Crippen molar-refractivity contribution >= 4 is 15.9 Å². The molecule has 0 saturated heterocycles. The predicted molar refractivity (Wildman–Crippen MR) is 55.2 cm³/mol. The Bertz CT molecular complexity index is 196. The minimum Gasteiger partial charge on any atom is -0.383 e. The highest BCUT2D eigenvalue weighted by Crippen LogP contribution is 2.31. The number of ether oxygens (including phenoxy) is 1. The average Bonchev–Trinajstić information content (AvgIpc) is 2.93. The van der Waals surface area contributed by atoms with Gasteiger partial charge in [0.05, 0.1) is 6.61 Å². The first kappa shape index (κ1) is 13.3. The Morgan fingerprint density at radius 2 is 2.07 bits per heavy atom. The van der Waals surface area contributed by atoms with Crippen molar-refractivity contribution in [3.8, 4) is 0 Å². The Labute approximate surface area is 95.9 Å². The van der Waals surface area contributed by atoms with Crippen LogP contribution in [0.2, 0.25) is 0 Å². The van der Waals surface area contributed by atoms with E-state index in [2.05, 4.69) is 15.9 Å². The van der Waals surface area contributed by atoms with Crippen LogP contribution < -0.4 is 0 Å². The van der Waals surface area contributed by atoms with Crippen LogP contribution in [0, 0.1) is 0 Å². The Hall–Kier alpha value is 0.190. The zero-order valence-electron chi connectivity index (χ0n) is 8.56. The first-order valence-electron chi connectivity index (χ1n) is 4.89. The molecule has 0 aromatic carbocycles. The van der Waals surface area contributed by atoms with Crippen molar-refractivity contribution in [3.05, 3.63) is 0 Å². The summed E-state index contributed by atoms with van der Waals surface area (Å²) in [4.78, 5) is 0.401. The highest BCUT2D eigenvalue weighted by Gasteiger charge is 2.41. The molecule has 0 aromatic rings. The zero-order chi connectivity index (χ0) is 11.5. The molecule has 1 saturated carbocycles. The van der Waals surface area contributed by atoms with Gasteiger partial charge in [0.15, 0.2) is 0 Å². The molecule has 1 fully saturated rings. The van der Waals surface area contributed by atoms with Gasteiger partial charge in [0.25, 0.3) is 0 Å². The third-order valence-electron chi connectivity index (χ3n) is 2.40. The van der Waals surface area contributed by atoms with Crippen molar-refractivity contribution in [2.75, 3.05) is 26.8 Å². The van der Waals surface area contributed by atoms with Crippen LogP contribution in [0.3, 0.4) is 0 Å². The van der Waals surface area contributed by atoms with Gasteiger partial charge in [-0.25, -0.2) is 0 Å². The molecule has 0 N–H and O–H groups in total. The van der Waals surface area contributed by atoms with Gasteiger partial charge in [-0.2, -0.15) is 13.2 Å². The van der Waals surface area contributed by atoms with Crippen molar-refractivity contribution < 1.29 is 17.9 Å². The highest BCUT2D eigenvalue weighted by molar-refractivity contribution is 9.09. The van der Waals surface area contributed by atoms with E-state index < -0.39 is 11.0 Å². The Kier molecular flexibility index (Phi) is 4.86. The van der Waals surface area contributed by atoms with Gasteiger partial charge in [0.2, 0.25) is 0 Å². The van der Waals surface area contributed by atoms with E-state index in [0.717, 1.165) is 12.8 Å². The van der Waals surface area contributed by atoms with Gasteiger partial charge in [0, 0.05) is 26.2 Å². The van der Waals surface area contributed by atoms with Crippen LogP contribution in [0.1, 0.15) is 12.8 Å². The largest absolute Gasteiger partial charge is 0.402 e. The molecule has 0 bridgehead atoms. The van der Waals surface area contributed by atoms with Gasteiger partial charge >= 0.3 is 6.18 Å². The molecule has 15 heavy (non-hydrogen) atoms. The van der Waals surface area contributed by atoms with Crippen LogP contribution in [0.25, 0.3) is 0 Å². The molecule has 0 amide bonds. The molecule has 0 radical (unpaired) electrons. The van der Waals surface area contributed by atoms with Gasteiger partial charge in [0.1, 0.15) is 4.83 Å². The van der Waals surface area contributed by atoms with Gasteiger partial charge in [-0.1, -0.05) is 15.9 Å². The van der Waals surface area contributed by atoms with Crippen LogP contribution in [-0.2, 0) is 4.74 Å². The molecule has 1 aliphatic rings. The molecule has 0 heterocycles. The van der Waals surface area contributed by atoms with E-state index in [0.29, 0.717) is 19.2 Å². The maximum Gasteiger partial charge on any atom is 0.402 e. The van der Waals surface area contributed by atoms with Gasteiger partial charge in [-0.05, 0) is 12.8 Å². The standard InChI is InChI=1S/C9H15BrF3NO/c1-15-5-4-14(7-2-3-7)6-8(10)9(11,12)13/h7-8H,2-6H2,1H3. The topological polar surface area (TPSA) is 12.5 Å². The second kappa shape index (κ2) is 5.50. The number of rotatable bonds is 6. The molecule has 1 unspecified atom stereocenters. The molecular formula is C9H15BrF3NO. The summed E-state index contributed by atoms with van der Waals surface area (Å²) in [6.07, 6.45) is -2.16. The second-order valence-corrected chi connectivity index (χ2v) is 4.83. The van der Waals surface area contributed by atoms with E-state index in [1.807, 2.05) is 4.90 Å². The fraction of sp³-hybridized carbons (Fsp3) is 1.00. The molecule has 1 rings (SSSR count). The third-order valence-corrected chi connectivity index (χ3v) is 3.20. The van der Waals surface area contributed by atoms with Crippen molar-refractivity contribution in [1.29, 1.82) is 0 Å². The van der Waals surface area contributed by atoms with E-state index >= 15 is 0 Å². The highest BCUT2D eigenvalue weighted by atomic mass is 79.9. The fourth-order valence-electron chi connectivity index (χ4n) is 1.38. The lowest BCUT2D eigenvalue weighted by Crippen LogP contribution is -2.40. The lowest BCUT2D eigenvalue weighted by atomic mass is 10.3. The van der Waals surface area contributed by atoms with Crippen molar-refractivity contribution in [2.45, 2.75) is 29.9 Å². The minimum absolute atomic E-state index is 0.0114. The van der Waals surface area contributed by atoms with Crippen LogP contribution >= 0.6 is 15.9 Å². The third kappa shape index (κ3) is 4.70. The first-order chi connectivity index (χ1) is 6.95. The molecule has 0 aromatic heterocycles. The Morgan fingerprint density at radius 1 is 1.47 bits per heavy atom. The number of nitrogens with zero attached hydrogens (tertiary/aromatic N) is 1. The molecular weight excluding hydrogens is 275 g/mol. The van der Waals surface area contributed by atoms with Gasteiger partial charge < -0.3 is 4.74 Å². The lowest BCUT2D eigenvalue weighted by Gasteiger charge is -2.25. The summed E-state index contributed by atoms with van der Waals surface area (Å²) >= 11 is 2.68. The first-order valence-corrected chi connectivity index (χ1v) is 5.80. The average molecular weight is 290 g/mol. The van der Waals surface area contributed by atoms with Crippen LogP contribution in [-0.4, -0.2) is 48.8 Å². The summed E-state index contributed by atoms with van der Waals surface area (Å²) in [7, 11) is 1.56. The maximum absolute atomic E-state index is 12.3. The molecule has 0 spiro atoms. The summed E-state index contributed by atoms with van der Waals surface area (Å²) in [6.45, 7) is 1.06. The Balaban J connectivity index is 2.36. The molecule has 0 aliphatic heterocycles. The van der Waals surface area contributed by atoms with Gasteiger partial charge in [-0.3, -0.25) is 4.90 Å². The SMILES string of the molecule is COCCN(CC(Br)C(F)(F)F)C1CC1. The van der Waals surface area contributed by atoms with E-state index in [9.17, 15) is 13.2 Å². The van der Waals surface area contributed by atoms with Crippen molar-refractivity contribution in [2.24, 2.45) is 0 Å². The molecule has 2 nitrogen and oxygen atoms in total. The van der Waals surface area contributed by atoms with Crippen LogP contribution in [0.5, 0.6) is 0 Å². The molecule has 1 atom stereocenters. The summed E-state index contributed by atoms with van der Waals surface area (Å²) in [5, 5.41) is 0. The van der Waals surface area contributed by atoms with E-state index in [4.69, 9.17) is 4.74 Å². The molecule has 90 valence electrons. The fourth-order valence-corrected chi connectivity index (χ4v) is 1.75. The van der Waals surface area contributed by atoms with E-state index in [1.54, 1.807) is 7.11 Å². The van der Waals surface area contributed by atoms with Gasteiger partial charge in [-0.15, -0.1) is 0 Å². The number of alkyl halides is 4. The van der Waals surface area contributed by atoms with Crippen LogP contribution in [0.15, 0.2) is 0 Å². The number of halogens is 4. The summed E-state index contributed by atoms with van der Waals surface area (Å²) < 4.78 is 41.8. The van der Waals surface area contributed by atoms with Crippen molar-refractivity contribution in [3.63, 3.8) is 0 Å². The maximum atomic E-state index is 12.3. The van der Waals surface area contributed by atoms with E-state index in [-0.39, 0.29) is 6.54 Å². The van der Waals surface area contributed by atoms with Crippen molar-refractivity contribution in [1.82, 2.24) is 4.90 Å². The lowest BCUT2D eigenvalue weighted by molar-refractivity contribution is -0.131. The summed E-state index contributed by atoms with van der Waals surface area (Å²) in [5.74, 6) is 0. The molecule has 1 aliphatic carbocycles. The number of hydrogen-bond donors (Lipinski definition) is 0. The van der Waals surface area contributed by atoms with E-state index in [1.165, 1.54) is 0 Å². The zero-order valence-corrected chi connectivity index (χ0v) is 10.1. The smallest absolute Gasteiger partial charge is 0.383 e. The number of hydrogen-bond acceptors (Lipinski definition) is 2. The Morgan fingerprint density at radius 3 is 2.47 bits per heavy atom. The normalized spacial score (nSPS) is 19.6.